The molecule has 6 nitrogen and oxygen atoms in total. The molecule has 0 saturated heterocycles. The van der Waals surface area contributed by atoms with Crippen LogP contribution in [-0.4, -0.2) is 30.1 Å². The molecule has 1 aromatic heterocycles. The van der Waals surface area contributed by atoms with E-state index >= 15 is 0 Å². The number of amides is 2. The number of carbonyl (C=O) groups excluding carboxylic acids is 3. The number of hydrogen-bond donors (Lipinski definition) is 2. The predicted octanol–water partition coefficient (Wildman–Crippen LogP) is 3.20. The molecule has 0 aliphatic carbocycles. The van der Waals surface area contributed by atoms with Crippen LogP contribution < -0.4 is 11.1 Å². The van der Waals surface area contributed by atoms with Gasteiger partial charge in [0.05, 0.1) is 22.8 Å². The van der Waals surface area contributed by atoms with E-state index in [4.69, 9.17) is 10.5 Å². The first-order valence-electron chi connectivity index (χ1n) is 7.62. The van der Waals surface area contributed by atoms with E-state index in [0.717, 1.165) is 16.2 Å². The summed E-state index contributed by atoms with van der Waals surface area (Å²) in [6, 6.07) is 5.75. The van der Waals surface area contributed by atoms with Gasteiger partial charge in [0.1, 0.15) is 10.8 Å². The van der Waals surface area contributed by atoms with Gasteiger partial charge in [-0.2, -0.15) is 0 Å². The Morgan fingerprint density at radius 2 is 1.92 bits per heavy atom. The quantitative estimate of drug-likeness (QED) is 0.553. The van der Waals surface area contributed by atoms with E-state index in [2.05, 4.69) is 5.32 Å². The number of anilines is 1. The van der Waals surface area contributed by atoms with E-state index in [-0.39, 0.29) is 39.5 Å². The number of primary amides is 1. The van der Waals surface area contributed by atoms with Crippen LogP contribution in [0.25, 0.3) is 0 Å². The van der Waals surface area contributed by atoms with E-state index in [1.807, 2.05) is 0 Å². The van der Waals surface area contributed by atoms with Crippen LogP contribution in [0.3, 0.4) is 0 Å². The summed E-state index contributed by atoms with van der Waals surface area (Å²) in [5.74, 6) is -1.99. The number of thioether (sulfide) groups is 1. The van der Waals surface area contributed by atoms with Crippen LogP contribution in [0.15, 0.2) is 29.2 Å². The number of thiophene rings is 1. The first kappa shape index (κ1) is 19.9. The summed E-state index contributed by atoms with van der Waals surface area (Å²) < 4.78 is 17.9. The standard InChI is InChI=1S/C17H17FN2O4S2/c1-3-24-17(23)13-9(2)14(15(19)22)26-16(13)20-12(21)8-25-11-6-4-10(18)5-7-11/h4-7H,3,8H2,1-2H3,(H2,19,22)(H,20,21). The summed E-state index contributed by atoms with van der Waals surface area (Å²) in [7, 11) is 0. The molecular formula is C17H17FN2O4S2. The fourth-order valence-corrected chi connectivity index (χ4v) is 3.89. The van der Waals surface area contributed by atoms with E-state index in [0.29, 0.717) is 5.56 Å². The predicted molar refractivity (Wildman–Crippen MR) is 99.3 cm³/mol. The third kappa shape index (κ3) is 4.83. The Morgan fingerprint density at radius 1 is 1.27 bits per heavy atom. The Kier molecular flexibility index (Phi) is 6.76. The van der Waals surface area contributed by atoms with Gasteiger partial charge >= 0.3 is 5.97 Å². The average molecular weight is 396 g/mol. The molecule has 0 unspecified atom stereocenters. The Morgan fingerprint density at radius 3 is 2.50 bits per heavy atom. The number of carbonyl (C=O) groups is 3. The van der Waals surface area contributed by atoms with Crippen molar-refractivity contribution < 1.29 is 23.5 Å². The van der Waals surface area contributed by atoms with Crippen molar-refractivity contribution in [2.24, 2.45) is 5.73 Å². The van der Waals surface area contributed by atoms with Crippen LogP contribution >= 0.6 is 23.1 Å². The van der Waals surface area contributed by atoms with Crippen molar-refractivity contribution in [2.45, 2.75) is 18.7 Å². The molecule has 3 N–H and O–H groups in total. The minimum absolute atomic E-state index is 0.0523. The molecule has 0 aliphatic heterocycles. The summed E-state index contributed by atoms with van der Waals surface area (Å²) in [5, 5.41) is 2.85. The van der Waals surface area contributed by atoms with Gasteiger partial charge in [0.15, 0.2) is 0 Å². The number of nitrogens with one attached hydrogen (secondary N) is 1. The molecule has 9 heteroatoms. The van der Waals surface area contributed by atoms with Gasteiger partial charge in [-0.1, -0.05) is 0 Å². The van der Waals surface area contributed by atoms with Gasteiger partial charge in [0.25, 0.3) is 5.91 Å². The van der Waals surface area contributed by atoms with E-state index in [1.165, 1.54) is 23.9 Å². The maximum absolute atomic E-state index is 12.9. The summed E-state index contributed by atoms with van der Waals surface area (Å²) in [5.41, 5.74) is 5.83. The van der Waals surface area contributed by atoms with E-state index in [9.17, 15) is 18.8 Å². The van der Waals surface area contributed by atoms with Crippen LogP contribution in [0.2, 0.25) is 0 Å². The van der Waals surface area contributed by atoms with E-state index in [1.54, 1.807) is 26.0 Å². The van der Waals surface area contributed by atoms with Crippen molar-refractivity contribution in [3.63, 3.8) is 0 Å². The first-order chi connectivity index (χ1) is 12.3. The Labute approximate surface area is 157 Å². The zero-order valence-corrected chi connectivity index (χ0v) is 15.8. The fourth-order valence-electron chi connectivity index (χ4n) is 2.13. The SMILES string of the molecule is CCOC(=O)c1c(NC(=O)CSc2ccc(F)cc2)sc(C(N)=O)c1C. The minimum Gasteiger partial charge on any atom is -0.462 e. The topological polar surface area (TPSA) is 98.5 Å². The van der Waals surface area contributed by atoms with Gasteiger partial charge in [-0.25, -0.2) is 9.18 Å². The Balaban J connectivity index is 2.15. The summed E-state index contributed by atoms with van der Waals surface area (Å²) >= 11 is 2.15. The zero-order valence-electron chi connectivity index (χ0n) is 14.1. The van der Waals surface area contributed by atoms with Crippen molar-refractivity contribution in [1.29, 1.82) is 0 Å². The second-order valence-electron chi connectivity index (χ2n) is 5.14. The van der Waals surface area contributed by atoms with Crippen LogP contribution in [0.4, 0.5) is 9.39 Å². The monoisotopic (exact) mass is 396 g/mol. The molecule has 26 heavy (non-hydrogen) atoms. The van der Waals surface area contributed by atoms with Crippen molar-refractivity contribution >= 4 is 45.9 Å². The molecular weight excluding hydrogens is 379 g/mol. The van der Waals surface area contributed by atoms with Gasteiger partial charge < -0.3 is 15.8 Å². The maximum Gasteiger partial charge on any atom is 0.341 e. The van der Waals surface area contributed by atoms with Crippen LogP contribution in [0.1, 0.15) is 32.5 Å². The third-order valence-corrected chi connectivity index (χ3v) is 5.52. The van der Waals surface area contributed by atoms with Crippen molar-refractivity contribution in [3.8, 4) is 0 Å². The molecule has 2 amide bonds. The van der Waals surface area contributed by atoms with E-state index < -0.39 is 11.9 Å². The molecule has 0 atom stereocenters. The van der Waals surface area contributed by atoms with Gasteiger partial charge in [-0.05, 0) is 43.7 Å². The zero-order chi connectivity index (χ0) is 19.3. The highest BCUT2D eigenvalue weighted by molar-refractivity contribution is 8.00. The highest BCUT2D eigenvalue weighted by Crippen LogP contribution is 2.33. The molecule has 0 bridgehead atoms. The van der Waals surface area contributed by atoms with Crippen molar-refractivity contribution in [1.82, 2.24) is 0 Å². The van der Waals surface area contributed by atoms with Crippen molar-refractivity contribution in [2.75, 3.05) is 17.7 Å². The molecule has 1 aromatic carbocycles. The Bertz CT molecular complexity index is 834. The van der Waals surface area contributed by atoms with Gasteiger partial charge in [0, 0.05) is 4.90 Å². The van der Waals surface area contributed by atoms with Crippen molar-refractivity contribution in [3.05, 3.63) is 46.1 Å². The summed E-state index contributed by atoms with van der Waals surface area (Å²) in [6.07, 6.45) is 0. The normalized spacial score (nSPS) is 10.4. The minimum atomic E-state index is -0.681. The lowest BCUT2D eigenvalue weighted by atomic mass is 10.1. The molecule has 2 rings (SSSR count). The van der Waals surface area contributed by atoms with Gasteiger partial charge in [0.2, 0.25) is 5.91 Å². The van der Waals surface area contributed by atoms with Gasteiger partial charge in [-0.3, -0.25) is 9.59 Å². The van der Waals surface area contributed by atoms with Crippen LogP contribution in [0, 0.1) is 12.7 Å². The lowest BCUT2D eigenvalue weighted by molar-refractivity contribution is -0.113. The average Bonchev–Trinajstić information content (AvgIpc) is 2.91. The highest BCUT2D eigenvalue weighted by atomic mass is 32.2. The largest absolute Gasteiger partial charge is 0.462 e. The maximum atomic E-state index is 12.9. The van der Waals surface area contributed by atoms with Crippen LogP contribution in [-0.2, 0) is 9.53 Å². The molecule has 0 saturated carbocycles. The van der Waals surface area contributed by atoms with Gasteiger partial charge in [-0.15, -0.1) is 23.1 Å². The Hall–Kier alpha value is -2.39. The summed E-state index contributed by atoms with van der Waals surface area (Å²) in [6.45, 7) is 3.39. The number of rotatable bonds is 7. The number of halogens is 1. The lowest BCUT2D eigenvalue weighted by Crippen LogP contribution is -2.16. The highest BCUT2D eigenvalue weighted by Gasteiger charge is 2.25. The second-order valence-corrected chi connectivity index (χ2v) is 7.21. The number of esters is 1. The molecule has 0 spiro atoms. The number of nitrogens with two attached hydrogens (primary N) is 1. The molecule has 0 aliphatic rings. The third-order valence-electron chi connectivity index (χ3n) is 3.29. The second kappa shape index (κ2) is 8.81. The molecule has 0 radical (unpaired) electrons. The van der Waals surface area contributed by atoms with Crippen LogP contribution in [0.5, 0.6) is 0 Å². The summed E-state index contributed by atoms with van der Waals surface area (Å²) in [4.78, 5) is 36.8. The molecule has 1 heterocycles. The number of ether oxygens (including phenoxy) is 1. The molecule has 0 fully saturated rings. The molecule has 2 aromatic rings. The number of benzene rings is 1. The smallest absolute Gasteiger partial charge is 0.341 e. The molecule has 138 valence electrons. The fraction of sp³-hybridized carbons (Fsp3) is 0.235. The first-order valence-corrected chi connectivity index (χ1v) is 9.42. The lowest BCUT2D eigenvalue weighted by Gasteiger charge is -2.07. The number of hydrogen-bond acceptors (Lipinski definition) is 6.